The number of carbonyl (C=O) groups excluding carboxylic acids is 2. The van der Waals surface area contributed by atoms with Crippen molar-refractivity contribution in [3.63, 3.8) is 0 Å². The van der Waals surface area contributed by atoms with Crippen molar-refractivity contribution in [2.45, 2.75) is 63.6 Å². The third kappa shape index (κ3) is 4.74. The monoisotopic (exact) mass is 465 g/mol. The minimum Gasteiger partial charge on any atom is -0.497 e. The topological polar surface area (TPSA) is 79.5 Å². The van der Waals surface area contributed by atoms with Gasteiger partial charge in [0.25, 0.3) is 0 Å². The van der Waals surface area contributed by atoms with Gasteiger partial charge in [-0.15, -0.1) is 0 Å². The molecule has 0 unspecified atom stereocenters. The van der Waals surface area contributed by atoms with Crippen molar-refractivity contribution >= 4 is 11.9 Å². The zero-order chi connectivity index (χ0) is 23.7. The zero-order valence-corrected chi connectivity index (χ0v) is 19.5. The van der Waals surface area contributed by atoms with Crippen LogP contribution < -0.4 is 20.7 Å². The van der Waals surface area contributed by atoms with Gasteiger partial charge >= 0.3 is 6.03 Å². The maximum atomic E-state index is 13.5. The van der Waals surface area contributed by atoms with E-state index in [1.165, 1.54) is 6.07 Å². The first kappa shape index (κ1) is 22.7. The van der Waals surface area contributed by atoms with Crippen molar-refractivity contribution in [1.29, 1.82) is 0 Å². The molecule has 3 N–H and O–H groups in total. The highest BCUT2D eigenvalue weighted by atomic mass is 19.1. The molecule has 1 spiro atoms. The van der Waals surface area contributed by atoms with E-state index in [-0.39, 0.29) is 41.2 Å². The lowest BCUT2D eigenvalue weighted by atomic mass is 9.50. The molecule has 0 aliphatic heterocycles. The second-order valence-corrected chi connectivity index (χ2v) is 10.2. The Bertz CT molecular complexity index is 1060. The van der Waals surface area contributed by atoms with Crippen LogP contribution in [-0.4, -0.2) is 25.1 Å². The molecule has 0 saturated heterocycles. The van der Waals surface area contributed by atoms with Crippen LogP contribution in [0.3, 0.4) is 0 Å². The predicted molar refractivity (Wildman–Crippen MR) is 127 cm³/mol. The predicted octanol–water partition coefficient (Wildman–Crippen LogP) is 4.39. The van der Waals surface area contributed by atoms with Gasteiger partial charge in [0.1, 0.15) is 11.6 Å². The number of amides is 3. The van der Waals surface area contributed by atoms with Crippen LogP contribution in [-0.2, 0) is 17.8 Å². The van der Waals surface area contributed by atoms with Gasteiger partial charge in [0, 0.05) is 18.5 Å². The summed E-state index contributed by atoms with van der Waals surface area (Å²) in [6, 6.07) is 12.5. The Morgan fingerprint density at radius 2 is 1.82 bits per heavy atom. The molecule has 0 heterocycles. The second-order valence-electron chi connectivity index (χ2n) is 10.2. The Morgan fingerprint density at radius 1 is 1.06 bits per heavy atom. The molecular formula is C27H32FN3O3. The van der Waals surface area contributed by atoms with Crippen LogP contribution in [0, 0.1) is 17.2 Å². The molecule has 34 heavy (non-hydrogen) atoms. The van der Waals surface area contributed by atoms with E-state index in [9.17, 15) is 14.0 Å². The molecule has 7 heteroatoms. The number of hydrogen-bond donors (Lipinski definition) is 3. The molecule has 2 saturated carbocycles. The van der Waals surface area contributed by atoms with Gasteiger partial charge in [-0.1, -0.05) is 18.2 Å². The molecule has 0 radical (unpaired) electrons. The first-order valence-corrected chi connectivity index (χ1v) is 12.2. The number of methoxy groups -OCH3 is 1. The lowest BCUT2D eigenvalue weighted by molar-refractivity contribution is -0.139. The Hall–Kier alpha value is -3.09. The van der Waals surface area contributed by atoms with E-state index in [1.807, 2.05) is 30.3 Å². The fraction of sp³-hybridized carbons (Fsp3) is 0.481. The van der Waals surface area contributed by atoms with Crippen molar-refractivity contribution in [2.75, 3.05) is 7.11 Å². The van der Waals surface area contributed by atoms with E-state index in [1.54, 1.807) is 13.2 Å². The molecule has 3 aliphatic carbocycles. The van der Waals surface area contributed by atoms with E-state index < -0.39 is 0 Å². The van der Waals surface area contributed by atoms with Crippen LogP contribution in [0.4, 0.5) is 9.18 Å². The molecule has 2 aromatic rings. The molecule has 2 fully saturated rings. The van der Waals surface area contributed by atoms with E-state index in [2.05, 4.69) is 16.0 Å². The van der Waals surface area contributed by atoms with E-state index in [0.717, 1.165) is 67.4 Å². The number of ether oxygens (including phenoxy) is 1. The smallest absolute Gasteiger partial charge is 0.315 e. The van der Waals surface area contributed by atoms with Gasteiger partial charge in [0.05, 0.1) is 13.2 Å². The number of benzene rings is 2. The third-order valence-electron chi connectivity index (χ3n) is 7.77. The van der Waals surface area contributed by atoms with Gasteiger partial charge in [-0.2, -0.15) is 0 Å². The molecule has 2 aromatic carbocycles. The Morgan fingerprint density at radius 3 is 2.56 bits per heavy atom. The molecular weight excluding hydrogens is 433 g/mol. The summed E-state index contributed by atoms with van der Waals surface area (Å²) in [6.07, 6.45) is 6.36. The Kier molecular flexibility index (Phi) is 6.19. The minimum absolute atomic E-state index is 0.0152. The lowest BCUT2D eigenvalue weighted by Crippen LogP contribution is -2.59. The third-order valence-corrected chi connectivity index (χ3v) is 7.77. The summed E-state index contributed by atoms with van der Waals surface area (Å²) in [5, 5.41) is 9.17. The molecule has 180 valence electrons. The lowest BCUT2D eigenvalue weighted by Gasteiger charge is -2.57. The Balaban J connectivity index is 1.03. The molecule has 0 aromatic heterocycles. The average molecular weight is 466 g/mol. The molecule has 6 nitrogen and oxygen atoms in total. The van der Waals surface area contributed by atoms with Crippen LogP contribution in [0.5, 0.6) is 5.75 Å². The summed E-state index contributed by atoms with van der Waals surface area (Å²) in [5.41, 5.74) is 3.28. The fourth-order valence-electron chi connectivity index (χ4n) is 5.98. The summed E-state index contributed by atoms with van der Waals surface area (Å²) >= 11 is 0. The number of rotatable bonds is 6. The normalized spacial score (nSPS) is 27.1. The van der Waals surface area contributed by atoms with E-state index in [0.29, 0.717) is 6.54 Å². The molecule has 5 rings (SSSR count). The van der Waals surface area contributed by atoms with Gasteiger partial charge in [-0.05, 0) is 91.3 Å². The van der Waals surface area contributed by atoms with Crippen LogP contribution in [0.2, 0.25) is 0 Å². The van der Waals surface area contributed by atoms with Crippen LogP contribution in [0.15, 0.2) is 42.5 Å². The maximum absolute atomic E-state index is 13.5. The summed E-state index contributed by atoms with van der Waals surface area (Å²) < 4.78 is 18.7. The molecule has 0 bridgehead atoms. The number of fused-ring (bicyclic) bond motifs is 1. The van der Waals surface area contributed by atoms with Gasteiger partial charge < -0.3 is 20.7 Å². The standard InChI is InChI=1S/C27H32FN3O3/c1-34-22-8-5-17(6-9-22)16-29-26(33)30-21-14-27(15-21)12-19(13-27)25(32)31-24-4-2-3-18-11-20(28)7-10-23(18)24/h5-11,19,21,24H,2-4,12-16H2,1H3,(H,31,32)(H2,29,30,33)/t19?,21?,24-,27?/m0/s1. The SMILES string of the molecule is COc1ccc(CNC(=O)NC2CC3(C2)CC(C(=O)N[C@H]2CCCc4cc(F)ccc42)C3)cc1. The Labute approximate surface area is 199 Å². The first-order valence-electron chi connectivity index (χ1n) is 12.2. The second kappa shape index (κ2) is 9.28. The largest absolute Gasteiger partial charge is 0.497 e. The first-order chi connectivity index (χ1) is 16.4. The van der Waals surface area contributed by atoms with Crippen LogP contribution >= 0.6 is 0 Å². The highest BCUT2D eigenvalue weighted by molar-refractivity contribution is 5.80. The quantitative estimate of drug-likeness (QED) is 0.592. The van der Waals surface area contributed by atoms with Crippen molar-refractivity contribution in [1.82, 2.24) is 16.0 Å². The summed E-state index contributed by atoms with van der Waals surface area (Å²) in [5.74, 6) is 0.728. The molecule has 3 amide bonds. The van der Waals surface area contributed by atoms with Crippen molar-refractivity contribution in [3.05, 3.63) is 65.0 Å². The zero-order valence-electron chi connectivity index (χ0n) is 19.5. The average Bonchev–Trinajstić information content (AvgIpc) is 2.78. The van der Waals surface area contributed by atoms with Gasteiger partial charge in [0.2, 0.25) is 5.91 Å². The number of nitrogens with one attached hydrogen (secondary N) is 3. The van der Waals surface area contributed by atoms with E-state index >= 15 is 0 Å². The highest BCUT2D eigenvalue weighted by Gasteiger charge is 2.55. The number of halogens is 1. The summed E-state index contributed by atoms with van der Waals surface area (Å²) in [7, 11) is 1.63. The van der Waals surface area contributed by atoms with Crippen molar-refractivity contribution in [2.24, 2.45) is 11.3 Å². The number of carbonyl (C=O) groups is 2. The van der Waals surface area contributed by atoms with Crippen LogP contribution in [0.25, 0.3) is 0 Å². The summed E-state index contributed by atoms with van der Waals surface area (Å²) in [6.45, 7) is 0.465. The highest BCUT2D eigenvalue weighted by Crippen LogP contribution is 2.58. The minimum atomic E-state index is -0.214. The number of aryl methyl sites for hydroxylation is 1. The maximum Gasteiger partial charge on any atom is 0.315 e. The number of urea groups is 1. The van der Waals surface area contributed by atoms with Crippen molar-refractivity contribution in [3.8, 4) is 5.75 Å². The van der Waals surface area contributed by atoms with Crippen LogP contribution in [0.1, 0.15) is 61.3 Å². The van der Waals surface area contributed by atoms with E-state index in [4.69, 9.17) is 4.74 Å². The summed E-state index contributed by atoms with van der Waals surface area (Å²) in [4.78, 5) is 25.1. The van der Waals surface area contributed by atoms with Gasteiger partial charge in [-0.25, -0.2) is 9.18 Å². The molecule has 1 atom stereocenters. The molecule has 3 aliphatic rings. The van der Waals surface area contributed by atoms with Gasteiger partial charge in [0.15, 0.2) is 0 Å². The van der Waals surface area contributed by atoms with Crippen molar-refractivity contribution < 1.29 is 18.7 Å². The number of hydrogen-bond acceptors (Lipinski definition) is 3. The van der Waals surface area contributed by atoms with Gasteiger partial charge in [-0.3, -0.25) is 4.79 Å². The fourth-order valence-corrected chi connectivity index (χ4v) is 5.98.